The molecule has 1 aromatic heterocycles. The van der Waals surface area contributed by atoms with Crippen LogP contribution in [0.15, 0.2) is 60.7 Å². The van der Waals surface area contributed by atoms with Crippen molar-refractivity contribution in [1.29, 1.82) is 0 Å². The van der Waals surface area contributed by atoms with Crippen LogP contribution in [-0.2, 0) is 11.3 Å². The van der Waals surface area contributed by atoms with Crippen LogP contribution in [0.4, 0.5) is 0 Å². The number of hydrogen-bond acceptors (Lipinski definition) is 3. The van der Waals surface area contributed by atoms with Crippen LogP contribution < -0.4 is 4.90 Å². The molecule has 1 aliphatic rings. The lowest BCUT2D eigenvalue weighted by molar-refractivity contribution is -0.885. The van der Waals surface area contributed by atoms with Gasteiger partial charge in [0, 0.05) is 13.1 Å². The predicted molar refractivity (Wildman–Crippen MR) is 111 cm³/mol. The van der Waals surface area contributed by atoms with Crippen molar-refractivity contribution in [3.8, 4) is 0 Å². The number of thiazole rings is 1. The van der Waals surface area contributed by atoms with Gasteiger partial charge in [-0.25, -0.2) is 4.98 Å². The van der Waals surface area contributed by atoms with E-state index in [4.69, 9.17) is 0 Å². The lowest BCUT2D eigenvalue weighted by atomic mass is 9.99. The molecule has 1 unspecified atom stereocenters. The lowest BCUT2D eigenvalue weighted by Crippen LogP contribution is -3.08. The number of nitrogens with one attached hydrogen (secondary N) is 1. The van der Waals surface area contributed by atoms with Crippen molar-refractivity contribution in [2.75, 3.05) is 26.7 Å². The van der Waals surface area contributed by atoms with Gasteiger partial charge in [0.25, 0.3) is 5.91 Å². The maximum Gasteiger partial charge on any atom is 0.278 e. The van der Waals surface area contributed by atoms with Crippen molar-refractivity contribution in [1.82, 2.24) is 9.88 Å². The van der Waals surface area contributed by atoms with Gasteiger partial charge in [-0.2, -0.15) is 0 Å². The van der Waals surface area contributed by atoms with E-state index in [1.807, 2.05) is 29.2 Å². The van der Waals surface area contributed by atoms with Gasteiger partial charge in [0.05, 0.1) is 17.3 Å². The summed E-state index contributed by atoms with van der Waals surface area (Å²) < 4.78 is 1.21. The Hall–Kier alpha value is -2.50. The zero-order valence-electron chi connectivity index (χ0n) is 15.5. The maximum absolute atomic E-state index is 12.7. The molecular formula is C22H24N3OS+. The number of likely N-dealkylation sites (N-methyl/N-ethyl adjacent to an activating group) is 1. The van der Waals surface area contributed by atoms with Gasteiger partial charge < -0.3 is 9.80 Å². The minimum absolute atomic E-state index is 0.219. The second-order valence-corrected chi connectivity index (χ2v) is 8.19. The Morgan fingerprint density at radius 3 is 2.67 bits per heavy atom. The molecule has 0 bridgehead atoms. The van der Waals surface area contributed by atoms with Crippen LogP contribution >= 0.6 is 11.3 Å². The Kier molecular flexibility index (Phi) is 5.32. The zero-order chi connectivity index (χ0) is 18.6. The molecule has 1 aliphatic heterocycles. The van der Waals surface area contributed by atoms with Crippen LogP contribution in [0, 0.1) is 0 Å². The van der Waals surface area contributed by atoms with Gasteiger partial charge in [-0.1, -0.05) is 48.5 Å². The highest BCUT2D eigenvalue weighted by molar-refractivity contribution is 7.18. The van der Waals surface area contributed by atoms with Crippen LogP contribution in [0.5, 0.6) is 0 Å². The van der Waals surface area contributed by atoms with Crippen LogP contribution in [0.3, 0.4) is 0 Å². The molecule has 1 amide bonds. The highest BCUT2D eigenvalue weighted by Crippen LogP contribution is 2.22. The zero-order valence-corrected chi connectivity index (χ0v) is 16.3. The molecule has 0 radical (unpaired) electrons. The molecule has 1 N–H and O–H groups in total. The Morgan fingerprint density at radius 2 is 1.93 bits per heavy atom. The average molecular weight is 379 g/mol. The van der Waals surface area contributed by atoms with E-state index in [-0.39, 0.29) is 5.91 Å². The standard InChI is InChI=1S/C22H23N3OS/c1-24(15-21-23-19-9-5-6-10-20(19)27-21)16-22(26)25-13-11-18(12-14-25)17-7-3-2-4-8-17/h2-11H,12-16H2,1H3/p+1. The summed E-state index contributed by atoms with van der Waals surface area (Å²) in [5.41, 5.74) is 3.66. The summed E-state index contributed by atoms with van der Waals surface area (Å²) >= 11 is 1.72. The summed E-state index contributed by atoms with van der Waals surface area (Å²) in [6.07, 6.45) is 3.12. The summed E-state index contributed by atoms with van der Waals surface area (Å²) in [6, 6.07) is 18.6. The Labute approximate surface area is 163 Å². The molecule has 0 spiro atoms. The lowest BCUT2D eigenvalue weighted by Gasteiger charge is -2.27. The second-order valence-electron chi connectivity index (χ2n) is 7.07. The quantitative estimate of drug-likeness (QED) is 0.741. The Morgan fingerprint density at radius 1 is 1.15 bits per heavy atom. The Balaban J connectivity index is 1.33. The van der Waals surface area contributed by atoms with E-state index in [0.29, 0.717) is 13.1 Å². The number of benzene rings is 2. The summed E-state index contributed by atoms with van der Waals surface area (Å²) in [7, 11) is 2.07. The number of carbonyl (C=O) groups is 1. The van der Waals surface area contributed by atoms with Gasteiger partial charge >= 0.3 is 0 Å². The van der Waals surface area contributed by atoms with Crippen LogP contribution in [0.25, 0.3) is 15.8 Å². The average Bonchev–Trinajstić information content (AvgIpc) is 3.10. The van der Waals surface area contributed by atoms with Crippen LogP contribution in [-0.4, -0.2) is 42.5 Å². The summed E-state index contributed by atoms with van der Waals surface area (Å²) in [5, 5.41) is 1.09. The number of fused-ring (bicyclic) bond motifs is 1. The second kappa shape index (κ2) is 8.03. The van der Waals surface area contributed by atoms with E-state index in [1.54, 1.807) is 11.3 Å². The van der Waals surface area contributed by atoms with Gasteiger partial charge in [0.15, 0.2) is 6.54 Å². The normalized spacial score (nSPS) is 15.6. The first-order valence-electron chi connectivity index (χ1n) is 9.37. The van der Waals surface area contributed by atoms with Crippen LogP contribution in [0.2, 0.25) is 0 Å². The monoisotopic (exact) mass is 378 g/mol. The number of aromatic nitrogens is 1. The first kappa shape index (κ1) is 17.9. The van der Waals surface area contributed by atoms with E-state index in [0.717, 1.165) is 30.0 Å². The van der Waals surface area contributed by atoms with Gasteiger partial charge in [-0.3, -0.25) is 4.79 Å². The van der Waals surface area contributed by atoms with E-state index in [2.05, 4.69) is 48.4 Å². The fraction of sp³-hybridized carbons (Fsp3) is 0.273. The molecule has 4 nitrogen and oxygen atoms in total. The number of rotatable bonds is 5. The molecule has 0 saturated heterocycles. The largest absolute Gasteiger partial charge is 0.334 e. The first-order valence-corrected chi connectivity index (χ1v) is 10.2. The van der Waals surface area contributed by atoms with E-state index >= 15 is 0 Å². The molecule has 4 rings (SSSR count). The number of quaternary nitrogens is 1. The molecular weight excluding hydrogens is 354 g/mol. The number of carbonyl (C=O) groups excluding carboxylic acids is 1. The molecule has 138 valence electrons. The molecule has 2 aromatic carbocycles. The SMILES string of the molecule is C[NH+](CC(=O)N1CC=C(c2ccccc2)CC1)Cc1nc2ccccc2s1. The fourth-order valence-corrected chi connectivity index (χ4v) is 4.58. The summed E-state index contributed by atoms with van der Waals surface area (Å²) in [5.74, 6) is 0.219. The molecule has 0 aliphatic carbocycles. The van der Waals surface area contributed by atoms with Crippen molar-refractivity contribution in [3.63, 3.8) is 0 Å². The van der Waals surface area contributed by atoms with E-state index < -0.39 is 0 Å². The third kappa shape index (κ3) is 4.26. The summed E-state index contributed by atoms with van der Waals surface area (Å²) in [4.78, 5) is 20.5. The summed E-state index contributed by atoms with van der Waals surface area (Å²) in [6.45, 7) is 2.79. The third-order valence-corrected chi connectivity index (χ3v) is 5.99. The van der Waals surface area contributed by atoms with Gasteiger partial charge in [-0.05, 0) is 29.7 Å². The predicted octanol–water partition coefficient (Wildman–Crippen LogP) is 2.63. The maximum atomic E-state index is 12.7. The van der Waals surface area contributed by atoms with Crippen molar-refractivity contribution >= 4 is 33.0 Å². The number of para-hydroxylation sites is 1. The highest BCUT2D eigenvalue weighted by Gasteiger charge is 2.21. The first-order chi connectivity index (χ1) is 13.2. The molecule has 0 fully saturated rings. The molecule has 1 atom stereocenters. The van der Waals surface area contributed by atoms with Crippen molar-refractivity contribution in [2.45, 2.75) is 13.0 Å². The fourth-order valence-electron chi connectivity index (χ4n) is 3.50. The number of amides is 1. The molecule has 3 aromatic rings. The smallest absolute Gasteiger partial charge is 0.278 e. The topological polar surface area (TPSA) is 37.6 Å². The van der Waals surface area contributed by atoms with Gasteiger partial charge in [-0.15, -0.1) is 11.3 Å². The number of nitrogens with zero attached hydrogens (tertiary/aromatic N) is 2. The Bertz CT molecular complexity index is 931. The van der Waals surface area contributed by atoms with Crippen molar-refractivity contribution in [2.24, 2.45) is 0 Å². The minimum Gasteiger partial charge on any atom is -0.334 e. The number of hydrogen-bond donors (Lipinski definition) is 1. The molecule has 2 heterocycles. The minimum atomic E-state index is 0.219. The van der Waals surface area contributed by atoms with Gasteiger partial charge in [0.2, 0.25) is 0 Å². The molecule has 27 heavy (non-hydrogen) atoms. The van der Waals surface area contributed by atoms with Crippen LogP contribution in [0.1, 0.15) is 17.0 Å². The van der Waals surface area contributed by atoms with E-state index in [9.17, 15) is 4.79 Å². The van der Waals surface area contributed by atoms with E-state index in [1.165, 1.54) is 20.7 Å². The van der Waals surface area contributed by atoms with Gasteiger partial charge in [0.1, 0.15) is 11.6 Å². The van der Waals surface area contributed by atoms with Crippen molar-refractivity contribution in [3.05, 3.63) is 71.2 Å². The van der Waals surface area contributed by atoms with Crippen molar-refractivity contribution < 1.29 is 9.69 Å². The molecule has 0 saturated carbocycles. The third-order valence-electron chi connectivity index (χ3n) is 4.95. The molecule has 5 heteroatoms. The highest BCUT2D eigenvalue weighted by atomic mass is 32.1.